The van der Waals surface area contributed by atoms with Gasteiger partial charge in [-0.25, -0.2) is 4.39 Å². The van der Waals surface area contributed by atoms with Crippen molar-refractivity contribution in [2.45, 2.75) is 44.2 Å². The van der Waals surface area contributed by atoms with Crippen molar-refractivity contribution < 1.29 is 13.9 Å². The van der Waals surface area contributed by atoms with Gasteiger partial charge in [0.2, 0.25) is 5.91 Å². The van der Waals surface area contributed by atoms with Gasteiger partial charge in [0.25, 0.3) is 0 Å². The molecule has 0 unspecified atom stereocenters. The third-order valence-electron chi connectivity index (χ3n) is 4.79. The summed E-state index contributed by atoms with van der Waals surface area (Å²) in [5.41, 5.74) is 1.07. The van der Waals surface area contributed by atoms with E-state index in [2.05, 4.69) is 10.2 Å². The summed E-state index contributed by atoms with van der Waals surface area (Å²) in [6.45, 7) is 3.57. The summed E-state index contributed by atoms with van der Waals surface area (Å²) in [5.74, 6) is -0.132. The standard InChI is InChI=1S/C18H25FN2O2/c19-15-8-6-14(7-9-15)4-3-5-18(22)20-16-12-23-13-17(16)21-10-1-2-11-21/h6-9,16-17H,1-5,10-13H2,(H,20,22)/t16-,17-/m0/s1. The fourth-order valence-electron chi connectivity index (χ4n) is 3.50. The van der Waals surface area contributed by atoms with E-state index in [9.17, 15) is 9.18 Å². The van der Waals surface area contributed by atoms with E-state index in [-0.39, 0.29) is 17.8 Å². The second-order valence-electron chi connectivity index (χ2n) is 6.50. The Bertz CT molecular complexity index is 514. The topological polar surface area (TPSA) is 41.6 Å². The predicted molar refractivity (Wildman–Crippen MR) is 86.7 cm³/mol. The number of amides is 1. The molecule has 1 N–H and O–H groups in total. The van der Waals surface area contributed by atoms with Crippen LogP contribution >= 0.6 is 0 Å². The molecule has 126 valence electrons. The smallest absolute Gasteiger partial charge is 0.220 e. The molecule has 1 amide bonds. The number of ether oxygens (including phenoxy) is 1. The molecule has 3 rings (SSSR count). The molecule has 23 heavy (non-hydrogen) atoms. The highest BCUT2D eigenvalue weighted by molar-refractivity contribution is 5.76. The molecule has 0 bridgehead atoms. The van der Waals surface area contributed by atoms with Gasteiger partial charge >= 0.3 is 0 Å². The van der Waals surface area contributed by atoms with Gasteiger partial charge in [-0.3, -0.25) is 9.69 Å². The van der Waals surface area contributed by atoms with Crippen LogP contribution in [-0.2, 0) is 16.0 Å². The molecule has 0 spiro atoms. The van der Waals surface area contributed by atoms with Crippen molar-refractivity contribution in [1.82, 2.24) is 10.2 Å². The fourth-order valence-corrected chi connectivity index (χ4v) is 3.50. The molecule has 2 saturated heterocycles. The summed E-state index contributed by atoms with van der Waals surface area (Å²) >= 11 is 0. The van der Waals surface area contributed by atoms with Gasteiger partial charge in [0.15, 0.2) is 0 Å². The van der Waals surface area contributed by atoms with E-state index in [1.54, 1.807) is 12.1 Å². The fraction of sp³-hybridized carbons (Fsp3) is 0.611. The maximum atomic E-state index is 12.8. The van der Waals surface area contributed by atoms with Crippen LogP contribution in [0.25, 0.3) is 0 Å². The van der Waals surface area contributed by atoms with Crippen molar-refractivity contribution >= 4 is 5.91 Å². The Labute approximate surface area is 137 Å². The zero-order chi connectivity index (χ0) is 16.1. The van der Waals surface area contributed by atoms with Crippen molar-refractivity contribution in [3.05, 3.63) is 35.6 Å². The number of aryl methyl sites for hydroxylation is 1. The molecule has 1 aromatic carbocycles. The quantitative estimate of drug-likeness (QED) is 0.873. The van der Waals surface area contributed by atoms with Crippen LogP contribution < -0.4 is 5.32 Å². The van der Waals surface area contributed by atoms with Crippen LogP contribution in [0.4, 0.5) is 4.39 Å². The lowest BCUT2D eigenvalue weighted by Gasteiger charge is -2.27. The monoisotopic (exact) mass is 320 g/mol. The minimum absolute atomic E-state index is 0.0896. The number of likely N-dealkylation sites (tertiary alicyclic amines) is 1. The van der Waals surface area contributed by atoms with E-state index in [0.717, 1.165) is 38.1 Å². The van der Waals surface area contributed by atoms with Crippen LogP contribution in [0.3, 0.4) is 0 Å². The molecule has 2 heterocycles. The van der Waals surface area contributed by atoms with Crippen LogP contribution in [0.1, 0.15) is 31.2 Å². The molecule has 2 fully saturated rings. The van der Waals surface area contributed by atoms with Gasteiger partial charge in [-0.1, -0.05) is 12.1 Å². The molecule has 0 radical (unpaired) electrons. The number of halogens is 1. The van der Waals surface area contributed by atoms with Crippen molar-refractivity contribution in [3.8, 4) is 0 Å². The lowest BCUT2D eigenvalue weighted by molar-refractivity contribution is -0.122. The summed E-state index contributed by atoms with van der Waals surface area (Å²) in [4.78, 5) is 14.6. The van der Waals surface area contributed by atoms with Crippen molar-refractivity contribution in [3.63, 3.8) is 0 Å². The van der Waals surface area contributed by atoms with Gasteiger partial charge in [-0.2, -0.15) is 0 Å². The Morgan fingerprint density at radius 2 is 1.96 bits per heavy atom. The number of nitrogens with zero attached hydrogens (tertiary/aromatic N) is 1. The van der Waals surface area contributed by atoms with Gasteiger partial charge in [-0.15, -0.1) is 0 Å². The number of rotatable bonds is 6. The molecule has 0 saturated carbocycles. The van der Waals surface area contributed by atoms with Gasteiger partial charge in [0.1, 0.15) is 5.82 Å². The minimum Gasteiger partial charge on any atom is -0.378 e. The Morgan fingerprint density at radius 3 is 2.70 bits per heavy atom. The lowest BCUT2D eigenvalue weighted by Crippen LogP contribution is -2.50. The second-order valence-corrected chi connectivity index (χ2v) is 6.50. The molecule has 0 aromatic heterocycles. The van der Waals surface area contributed by atoms with E-state index >= 15 is 0 Å². The Morgan fingerprint density at radius 1 is 1.22 bits per heavy atom. The largest absolute Gasteiger partial charge is 0.378 e. The van der Waals surface area contributed by atoms with E-state index in [0.29, 0.717) is 19.1 Å². The molecule has 2 aliphatic heterocycles. The number of carbonyl (C=O) groups is 1. The molecule has 0 aliphatic carbocycles. The number of hydrogen-bond acceptors (Lipinski definition) is 3. The van der Waals surface area contributed by atoms with Gasteiger partial charge < -0.3 is 10.1 Å². The summed E-state index contributed by atoms with van der Waals surface area (Å²) in [6, 6.07) is 6.94. The average molecular weight is 320 g/mol. The van der Waals surface area contributed by atoms with Crippen LogP contribution in [0, 0.1) is 5.82 Å². The molecule has 4 nitrogen and oxygen atoms in total. The zero-order valence-corrected chi connectivity index (χ0v) is 13.5. The van der Waals surface area contributed by atoms with E-state index in [4.69, 9.17) is 4.74 Å². The highest BCUT2D eigenvalue weighted by Crippen LogP contribution is 2.19. The van der Waals surface area contributed by atoms with Crippen LogP contribution in [0.15, 0.2) is 24.3 Å². The minimum atomic E-state index is -0.222. The predicted octanol–water partition coefficient (Wildman–Crippen LogP) is 2.13. The third-order valence-corrected chi connectivity index (χ3v) is 4.79. The van der Waals surface area contributed by atoms with Crippen LogP contribution in [0.2, 0.25) is 0 Å². The molecule has 1 aromatic rings. The normalized spacial score (nSPS) is 24.9. The van der Waals surface area contributed by atoms with Gasteiger partial charge in [0.05, 0.1) is 25.3 Å². The first-order chi connectivity index (χ1) is 11.2. The van der Waals surface area contributed by atoms with Crippen molar-refractivity contribution in [2.24, 2.45) is 0 Å². The lowest BCUT2D eigenvalue weighted by atomic mass is 10.1. The molecule has 2 atom stereocenters. The third kappa shape index (κ3) is 4.52. The second kappa shape index (κ2) is 7.88. The van der Waals surface area contributed by atoms with Crippen molar-refractivity contribution in [2.75, 3.05) is 26.3 Å². The van der Waals surface area contributed by atoms with Crippen molar-refractivity contribution in [1.29, 1.82) is 0 Å². The number of hydrogen-bond donors (Lipinski definition) is 1. The highest BCUT2D eigenvalue weighted by atomic mass is 19.1. The first kappa shape index (κ1) is 16.4. The maximum absolute atomic E-state index is 12.8. The van der Waals surface area contributed by atoms with E-state index in [1.165, 1.54) is 25.0 Å². The summed E-state index contributed by atoms with van der Waals surface area (Å²) in [7, 11) is 0. The summed E-state index contributed by atoms with van der Waals surface area (Å²) in [6.07, 6.45) is 4.56. The average Bonchev–Trinajstić information content (AvgIpc) is 3.20. The maximum Gasteiger partial charge on any atom is 0.220 e. The molecular formula is C18H25FN2O2. The van der Waals surface area contributed by atoms with Gasteiger partial charge in [-0.05, 0) is 56.5 Å². The number of carbonyl (C=O) groups excluding carboxylic acids is 1. The summed E-state index contributed by atoms with van der Waals surface area (Å²) < 4.78 is 18.4. The Kier molecular flexibility index (Phi) is 5.62. The van der Waals surface area contributed by atoms with Crippen LogP contribution in [0.5, 0.6) is 0 Å². The number of nitrogens with one attached hydrogen (secondary N) is 1. The zero-order valence-electron chi connectivity index (χ0n) is 13.5. The highest BCUT2D eigenvalue weighted by Gasteiger charge is 2.34. The summed E-state index contributed by atoms with van der Waals surface area (Å²) in [5, 5.41) is 3.14. The SMILES string of the molecule is O=C(CCCc1ccc(F)cc1)N[C@H]1COC[C@@H]1N1CCCC1. The first-order valence-electron chi connectivity index (χ1n) is 8.58. The van der Waals surface area contributed by atoms with Gasteiger partial charge in [0, 0.05) is 6.42 Å². The van der Waals surface area contributed by atoms with Crippen LogP contribution in [-0.4, -0.2) is 49.2 Å². The Hall–Kier alpha value is -1.46. The number of benzene rings is 1. The Balaban J connectivity index is 1.41. The molecular weight excluding hydrogens is 295 g/mol. The first-order valence-corrected chi connectivity index (χ1v) is 8.58. The molecule has 5 heteroatoms. The molecule has 2 aliphatic rings. The van der Waals surface area contributed by atoms with E-state index in [1.807, 2.05) is 0 Å². The van der Waals surface area contributed by atoms with E-state index < -0.39 is 0 Å².